The fourth-order valence-electron chi connectivity index (χ4n) is 1.85. The molecule has 0 radical (unpaired) electrons. The van der Waals surface area contributed by atoms with Gasteiger partial charge in [0.2, 0.25) is 0 Å². The van der Waals surface area contributed by atoms with Crippen LogP contribution in [-0.2, 0) is 20.0 Å². The molecule has 20 heavy (non-hydrogen) atoms. The van der Waals surface area contributed by atoms with E-state index in [1.54, 1.807) is 18.5 Å². The first-order valence-corrected chi connectivity index (χ1v) is 6.30. The van der Waals surface area contributed by atoms with Crippen LogP contribution in [0.15, 0.2) is 35.9 Å². The molecule has 0 aromatic carbocycles. The van der Waals surface area contributed by atoms with Crippen LogP contribution in [-0.4, -0.2) is 32.1 Å². The number of oxime groups is 1. The minimum atomic E-state index is 0.0138. The fraction of sp³-hybridized carbons (Fsp3) is 0.308. The van der Waals surface area contributed by atoms with Gasteiger partial charge in [-0.05, 0) is 17.7 Å². The Labute approximate surface area is 117 Å². The number of hydrogen-bond donors (Lipinski definition) is 3. The highest BCUT2D eigenvalue weighted by molar-refractivity contribution is 5.95. The molecule has 2 rings (SSSR count). The second-order valence-corrected chi connectivity index (χ2v) is 4.42. The molecular weight excluding hydrogens is 256 g/mol. The molecule has 2 aromatic rings. The van der Waals surface area contributed by atoms with Gasteiger partial charge in [0.15, 0.2) is 5.84 Å². The summed E-state index contributed by atoms with van der Waals surface area (Å²) in [7, 11) is 1.98. The van der Waals surface area contributed by atoms with Gasteiger partial charge in [0, 0.05) is 45.1 Å². The molecule has 0 fully saturated rings. The molecule has 106 valence electrons. The first kappa shape index (κ1) is 14.0. The van der Waals surface area contributed by atoms with E-state index >= 15 is 0 Å². The lowest BCUT2D eigenvalue weighted by Crippen LogP contribution is -2.19. The summed E-state index contributed by atoms with van der Waals surface area (Å²) in [6.45, 7) is 1.52. The van der Waals surface area contributed by atoms with E-state index in [1.165, 1.54) is 0 Å². The monoisotopic (exact) mass is 274 g/mol. The summed E-state index contributed by atoms with van der Waals surface area (Å²) in [5, 5.41) is 14.9. The zero-order chi connectivity index (χ0) is 14.4. The number of imidazole rings is 1. The van der Waals surface area contributed by atoms with Crippen molar-refractivity contribution in [2.45, 2.75) is 13.0 Å². The number of nitrogens with one attached hydrogen (secondary N) is 1. The smallest absolute Gasteiger partial charge is 0.188 e. The summed E-state index contributed by atoms with van der Waals surface area (Å²) in [4.78, 5) is 8.30. The predicted octanol–water partition coefficient (Wildman–Crippen LogP) is 0.242. The molecule has 0 bridgehead atoms. The van der Waals surface area contributed by atoms with Gasteiger partial charge >= 0.3 is 0 Å². The Hall–Kier alpha value is -2.41. The standard InChI is InChI=1S/C13H18N6O/c1-19-7-6-17-12(19)3-4-15-9-10-2-5-16-11(8-10)13(14)18-20/h2,5-8,15,20H,3-4,9H2,1H3,(H2,14,18). The van der Waals surface area contributed by atoms with Crippen molar-refractivity contribution in [2.75, 3.05) is 6.54 Å². The summed E-state index contributed by atoms with van der Waals surface area (Å²) >= 11 is 0. The summed E-state index contributed by atoms with van der Waals surface area (Å²) < 4.78 is 2.00. The molecule has 0 unspecified atom stereocenters. The molecule has 0 saturated carbocycles. The predicted molar refractivity (Wildman–Crippen MR) is 75.4 cm³/mol. The molecule has 0 aliphatic carbocycles. The largest absolute Gasteiger partial charge is 0.409 e. The molecule has 0 aliphatic rings. The van der Waals surface area contributed by atoms with Gasteiger partial charge < -0.3 is 20.8 Å². The number of hydrogen-bond acceptors (Lipinski definition) is 5. The van der Waals surface area contributed by atoms with Gasteiger partial charge in [-0.15, -0.1) is 0 Å². The van der Waals surface area contributed by atoms with Crippen LogP contribution in [0, 0.1) is 0 Å². The van der Waals surface area contributed by atoms with Gasteiger partial charge in [0.05, 0.1) is 0 Å². The number of aromatic nitrogens is 3. The topological polar surface area (TPSA) is 101 Å². The second kappa shape index (κ2) is 6.67. The third-order valence-corrected chi connectivity index (χ3v) is 2.97. The van der Waals surface area contributed by atoms with Crippen LogP contribution in [0.1, 0.15) is 17.1 Å². The maximum atomic E-state index is 8.62. The Bertz CT molecular complexity index is 592. The van der Waals surface area contributed by atoms with Gasteiger partial charge in [-0.2, -0.15) is 0 Å². The number of aryl methyl sites for hydroxylation is 1. The van der Waals surface area contributed by atoms with Gasteiger partial charge in [0.25, 0.3) is 0 Å². The zero-order valence-corrected chi connectivity index (χ0v) is 11.3. The molecule has 0 atom stereocenters. The quantitative estimate of drug-likeness (QED) is 0.230. The van der Waals surface area contributed by atoms with Crippen molar-refractivity contribution in [3.63, 3.8) is 0 Å². The van der Waals surface area contributed by atoms with E-state index in [0.29, 0.717) is 12.2 Å². The summed E-state index contributed by atoms with van der Waals surface area (Å²) in [5.74, 6) is 1.06. The lowest BCUT2D eigenvalue weighted by atomic mass is 10.2. The van der Waals surface area contributed by atoms with E-state index in [-0.39, 0.29) is 5.84 Å². The van der Waals surface area contributed by atoms with E-state index in [1.807, 2.05) is 23.9 Å². The SMILES string of the molecule is Cn1ccnc1CCNCc1ccnc(C(N)=NO)c1. The highest BCUT2D eigenvalue weighted by Gasteiger charge is 2.03. The fourth-order valence-corrected chi connectivity index (χ4v) is 1.85. The Morgan fingerprint density at radius 1 is 1.45 bits per heavy atom. The van der Waals surface area contributed by atoms with E-state index in [2.05, 4.69) is 20.4 Å². The maximum absolute atomic E-state index is 8.62. The second-order valence-electron chi connectivity index (χ2n) is 4.42. The lowest BCUT2D eigenvalue weighted by Gasteiger charge is -2.06. The Kier molecular flexibility index (Phi) is 4.67. The molecule has 4 N–H and O–H groups in total. The first-order valence-electron chi connectivity index (χ1n) is 6.30. The minimum absolute atomic E-state index is 0.0138. The van der Waals surface area contributed by atoms with Crippen LogP contribution >= 0.6 is 0 Å². The molecule has 7 heteroatoms. The number of amidine groups is 1. The third kappa shape index (κ3) is 3.55. The highest BCUT2D eigenvalue weighted by atomic mass is 16.4. The van der Waals surface area contributed by atoms with Crippen LogP contribution in [0.3, 0.4) is 0 Å². The average Bonchev–Trinajstić information content (AvgIpc) is 2.88. The van der Waals surface area contributed by atoms with Crippen molar-refractivity contribution in [3.8, 4) is 0 Å². The van der Waals surface area contributed by atoms with Crippen LogP contribution in [0.5, 0.6) is 0 Å². The number of nitrogens with two attached hydrogens (primary N) is 1. The van der Waals surface area contributed by atoms with Gasteiger partial charge in [-0.25, -0.2) is 4.98 Å². The molecule has 7 nitrogen and oxygen atoms in total. The first-order chi connectivity index (χ1) is 9.70. The van der Waals surface area contributed by atoms with E-state index < -0.39 is 0 Å². The normalized spacial score (nSPS) is 11.8. The molecule has 0 amide bonds. The Morgan fingerprint density at radius 2 is 2.30 bits per heavy atom. The Morgan fingerprint density at radius 3 is 3.00 bits per heavy atom. The summed E-state index contributed by atoms with van der Waals surface area (Å²) in [6.07, 6.45) is 6.23. The molecule has 2 aromatic heterocycles. The zero-order valence-electron chi connectivity index (χ0n) is 11.3. The minimum Gasteiger partial charge on any atom is -0.409 e. The van der Waals surface area contributed by atoms with Gasteiger partial charge in [-0.1, -0.05) is 5.16 Å². The van der Waals surface area contributed by atoms with Crippen LogP contribution in [0.2, 0.25) is 0 Å². The van der Waals surface area contributed by atoms with Crippen LogP contribution in [0.25, 0.3) is 0 Å². The summed E-state index contributed by atoms with van der Waals surface area (Å²) in [6, 6.07) is 3.69. The summed E-state index contributed by atoms with van der Waals surface area (Å²) in [5.41, 5.74) is 7.00. The van der Waals surface area contributed by atoms with Crippen molar-refractivity contribution < 1.29 is 5.21 Å². The molecule has 2 heterocycles. The van der Waals surface area contributed by atoms with Crippen molar-refractivity contribution in [1.82, 2.24) is 19.9 Å². The van der Waals surface area contributed by atoms with E-state index in [0.717, 1.165) is 24.4 Å². The van der Waals surface area contributed by atoms with Gasteiger partial charge in [-0.3, -0.25) is 4.98 Å². The van der Waals surface area contributed by atoms with E-state index in [4.69, 9.17) is 10.9 Å². The van der Waals surface area contributed by atoms with E-state index in [9.17, 15) is 0 Å². The van der Waals surface area contributed by atoms with Crippen molar-refractivity contribution in [3.05, 3.63) is 47.8 Å². The maximum Gasteiger partial charge on any atom is 0.188 e. The number of rotatable bonds is 6. The van der Waals surface area contributed by atoms with Crippen molar-refractivity contribution >= 4 is 5.84 Å². The van der Waals surface area contributed by atoms with Gasteiger partial charge in [0.1, 0.15) is 11.5 Å². The van der Waals surface area contributed by atoms with Crippen molar-refractivity contribution in [2.24, 2.45) is 17.9 Å². The average molecular weight is 274 g/mol. The molecule has 0 spiro atoms. The van der Waals surface area contributed by atoms with Crippen LogP contribution < -0.4 is 11.1 Å². The lowest BCUT2D eigenvalue weighted by molar-refractivity contribution is 0.318. The number of nitrogens with zero attached hydrogens (tertiary/aromatic N) is 4. The number of pyridine rings is 1. The molecular formula is C13H18N6O. The molecule has 0 aliphatic heterocycles. The third-order valence-electron chi connectivity index (χ3n) is 2.97. The van der Waals surface area contributed by atoms with Crippen molar-refractivity contribution in [1.29, 1.82) is 0 Å². The molecule has 0 saturated heterocycles. The van der Waals surface area contributed by atoms with Crippen LogP contribution in [0.4, 0.5) is 0 Å². The highest BCUT2D eigenvalue weighted by Crippen LogP contribution is 2.02. The Balaban J connectivity index is 1.84.